The highest BCUT2D eigenvalue weighted by Gasteiger charge is 2.19. The third kappa shape index (κ3) is 6.16. The van der Waals surface area contributed by atoms with Gasteiger partial charge in [0.05, 0.1) is 18.3 Å². The number of nitrogens with zero attached hydrogens (tertiary/aromatic N) is 2. The minimum Gasteiger partial charge on any atom is -0.394 e. The fraction of sp³-hybridized carbons (Fsp3) is 0.733. The van der Waals surface area contributed by atoms with Crippen LogP contribution in [0.25, 0.3) is 0 Å². The quantitative estimate of drug-likeness (QED) is 0.745. The van der Waals surface area contributed by atoms with Gasteiger partial charge in [0.2, 0.25) is 0 Å². The first-order valence-electron chi connectivity index (χ1n) is 7.41. The Bertz CT molecular complexity index is 463. The fourth-order valence-corrected chi connectivity index (χ4v) is 2.34. The summed E-state index contributed by atoms with van der Waals surface area (Å²) in [6.45, 7) is 8.67. The Hall–Kier alpha value is -1.56. The van der Waals surface area contributed by atoms with E-state index in [1.165, 1.54) is 0 Å². The first kappa shape index (κ1) is 17.5. The van der Waals surface area contributed by atoms with Crippen LogP contribution in [0.5, 0.6) is 0 Å². The largest absolute Gasteiger partial charge is 0.394 e. The van der Waals surface area contributed by atoms with Crippen LogP contribution < -0.4 is 10.6 Å². The Balaban J connectivity index is 2.49. The van der Waals surface area contributed by atoms with Gasteiger partial charge in [0.1, 0.15) is 0 Å². The fourth-order valence-electron chi connectivity index (χ4n) is 2.34. The van der Waals surface area contributed by atoms with E-state index in [1.54, 1.807) is 4.68 Å². The van der Waals surface area contributed by atoms with Crippen LogP contribution in [-0.2, 0) is 20.0 Å². The van der Waals surface area contributed by atoms with Crippen LogP contribution in [0, 0.1) is 5.41 Å². The maximum Gasteiger partial charge on any atom is 0.315 e. The van der Waals surface area contributed by atoms with E-state index < -0.39 is 0 Å². The molecule has 21 heavy (non-hydrogen) atoms. The second kappa shape index (κ2) is 7.45. The molecule has 2 amide bonds. The molecule has 0 saturated carbocycles. The maximum absolute atomic E-state index is 11.9. The normalized spacial score (nSPS) is 13.0. The van der Waals surface area contributed by atoms with Gasteiger partial charge in [-0.1, -0.05) is 27.7 Å². The number of carbonyl (C=O) groups excluding carboxylic acids is 1. The Morgan fingerprint density at radius 3 is 2.67 bits per heavy atom. The van der Waals surface area contributed by atoms with E-state index in [9.17, 15) is 9.90 Å². The van der Waals surface area contributed by atoms with Crippen LogP contribution in [0.1, 0.15) is 45.4 Å². The summed E-state index contributed by atoms with van der Waals surface area (Å²) in [6, 6.07) is -0.492. The summed E-state index contributed by atoms with van der Waals surface area (Å²) in [5.74, 6) is 0. The molecule has 1 aromatic rings. The number of carbonyl (C=O) groups is 1. The number of hydrogen-bond acceptors (Lipinski definition) is 3. The Labute approximate surface area is 126 Å². The molecule has 0 fully saturated rings. The van der Waals surface area contributed by atoms with E-state index in [-0.39, 0.29) is 24.1 Å². The highest BCUT2D eigenvalue weighted by atomic mass is 16.3. The van der Waals surface area contributed by atoms with Crippen LogP contribution in [0.15, 0.2) is 6.20 Å². The summed E-state index contributed by atoms with van der Waals surface area (Å²) in [4.78, 5) is 11.9. The van der Waals surface area contributed by atoms with Crippen LogP contribution in [0.4, 0.5) is 4.79 Å². The lowest BCUT2D eigenvalue weighted by molar-refractivity contribution is 0.190. The van der Waals surface area contributed by atoms with Crippen molar-refractivity contribution in [1.82, 2.24) is 20.4 Å². The third-order valence-electron chi connectivity index (χ3n) is 3.18. The van der Waals surface area contributed by atoms with Gasteiger partial charge in [-0.3, -0.25) is 4.68 Å². The van der Waals surface area contributed by atoms with E-state index in [4.69, 9.17) is 0 Å². The maximum atomic E-state index is 11.9. The lowest BCUT2D eigenvalue weighted by Gasteiger charge is -2.25. The summed E-state index contributed by atoms with van der Waals surface area (Å²) in [5, 5.41) is 19.3. The number of aliphatic hydroxyl groups excluding tert-OH is 1. The molecule has 6 heteroatoms. The topological polar surface area (TPSA) is 79.2 Å². The molecule has 0 radical (unpaired) electrons. The number of hydrogen-bond donors (Lipinski definition) is 3. The van der Waals surface area contributed by atoms with E-state index in [2.05, 4.69) is 36.5 Å². The summed E-state index contributed by atoms with van der Waals surface area (Å²) in [7, 11) is 1.87. The third-order valence-corrected chi connectivity index (χ3v) is 3.18. The molecular formula is C15H28N4O2. The average Bonchev–Trinajstić information content (AvgIpc) is 2.74. The summed E-state index contributed by atoms with van der Waals surface area (Å²) in [6.07, 6.45) is 3.48. The second-order valence-corrected chi connectivity index (χ2v) is 6.60. The average molecular weight is 296 g/mol. The molecule has 0 aliphatic heterocycles. The molecule has 1 aromatic heterocycles. The number of aryl methyl sites for hydroxylation is 2. The highest BCUT2D eigenvalue weighted by Crippen LogP contribution is 2.20. The van der Waals surface area contributed by atoms with Crippen molar-refractivity contribution < 1.29 is 9.90 Å². The van der Waals surface area contributed by atoms with Gasteiger partial charge >= 0.3 is 6.03 Å². The van der Waals surface area contributed by atoms with Crippen molar-refractivity contribution >= 4 is 6.03 Å². The molecule has 1 heterocycles. The van der Waals surface area contributed by atoms with E-state index in [1.807, 2.05) is 20.2 Å². The molecule has 0 aliphatic rings. The van der Waals surface area contributed by atoms with Crippen molar-refractivity contribution in [3.8, 4) is 0 Å². The molecule has 0 bridgehead atoms. The molecular weight excluding hydrogens is 268 g/mol. The van der Waals surface area contributed by atoms with Crippen LogP contribution in [-0.4, -0.2) is 33.6 Å². The van der Waals surface area contributed by atoms with Crippen LogP contribution >= 0.6 is 0 Å². The predicted molar refractivity (Wildman–Crippen MR) is 82.9 cm³/mol. The van der Waals surface area contributed by atoms with Gasteiger partial charge in [0, 0.05) is 25.4 Å². The molecule has 120 valence electrons. The van der Waals surface area contributed by atoms with E-state index in [0.717, 1.165) is 24.1 Å². The van der Waals surface area contributed by atoms with Gasteiger partial charge in [0.15, 0.2) is 0 Å². The highest BCUT2D eigenvalue weighted by molar-refractivity contribution is 5.74. The van der Waals surface area contributed by atoms with Crippen molar-refractivity contribution in [2.75, 3.05) is 6.61 Å². The summed E-state index contributed by atoms with van der Waals surface area (Å²) >= 11 is 0. The van der Waals surface area contributed by atoms with Crippen LogP contribution in [0.3, 0.4) is 0 Å². The van der Waals surface area contributed by atoms with Gasteiger partial charge in [-0.2, -0.15) is 5.10 Å². The second-order valence-electron chi connectivity index (χ2n) is 6.60. The summed E-state index contributed by atoms with van der Waals surface area (Å²) < 4.78 is 1.75. The van der Waals surface area contributed by atoms with Crippen LogP contribution in [0.2, 0.25) is 0 Å². The molecule has 6 nitrogen and oxygen atoms in total. The monoisotopic (exact) mass is 296 g/mol. The van der Waals surface area contributed by atoms with E-state index in [0.29, 0.717) is 6.54 Å². The Kier molecular flexibility index (Phi) is 6.20. The number of urea groups is 1. The van der Waals surface area contributed by atoms with Gasteiger partial charge in [-0.05, 0) is 18.3 Å². The summed E-state index contributed by atoms with van der Waals surface area (Å²) in [5.41, 5.74) is 2.07. The number of nitrogens with one attached hydrogen (secondary N) is 2. The van der Waals surface area contributed by atoms with Gasteiger partial charge in [-0.15, -0.1) is 0 Å². The molecule has 0 saturated heterocycles. The molecule has 0 aromatic carbocycles. The number of amides is 2. The predicted octanol–water partition coefficient (Wildman–Crippen LogP) is 1.58. The Morgan fingerprint density at radius 1 is 1.48 bits per heavy atom. The molecule has 0 aliphatic carbocycles. The first-order valence-corrected chi connectivity index (χ1v) is 7.41. The molecule has 3 N–H and O–H groups in total. The first-order chi connectivity index (χ1) is 9.75. The number of aliphatic hydroxyl groups is 1. The zero-order valence-electron chi connectivity index (χ0n) is 13.7. The lowest BCUT2D eigenvalue weighted by atomic mass is 9.88. The van der Waals surface area contributed by atoms with E-state index >= 15 is 0 Å². The lowest BCUT2D eigenvalue weighted by Crippen LogP contribution is -2.45. The van der Waals surface area contributed by atoms with Gasteiger partial charge in [0.25, 0.3) is 0 Å². The number of aromatic nitrogens is 2. The van der Waals surface area contributed by atoms with Gasteiger partial charge in [-0.25, -0.2) is 4.79 Å². The van der Waals surface area contributed by atoms with Crippen molar-refractivity contribution in [3.63, 3.8) is 0 Å². The van der Waals surface area contributed by atoms with Crippen molar-refractivity contribution in [2.45, 2.75) is 53.1 Å². The minimum atomic E-state index is -0.260. The van der Waals surface area contributed by atoms with Gasteiger partial charge < -0.3 is 15.7 Å². The zero-order valence-corrected chi connectivity index (χ0v) is 13.7. The molecule has 1 unspecified atom stereocenters. The van der Waals surface area contributed by atoms with Crippen molar-refractivity contribution in [3.05, 3.63) is 17.5 Å². The van der Waals surface area contributed by atoms with Crippen molar-refractivity contribution in [2.24, 2.45) is 12.5 Å². The molecule has 1 rings (SSSR count). The molecule has 0 spiro atoms. The number of rotatable bonds is 6. The minimum absolute atomic E-state index is 0.0550. The standard InChI is InChI=1S/C15H28N4O2/c1-6-13-11(9-19(5)18-13)8-16-14(21)17-12(10-20)7-15(2,3)4/h9,12,20H,6-8,10H2,1-5H3,(H2,16,17,21). The molecule has 1 atom stereocenters. The zero-order chi connectivity index (χ0) is 16.0. The Morgan fingerprint density at radius 2 is 2.14 bits per heavy atom. The SMILES string of the molecule is CCc1nn(C)cc1CNC(=O)NC(CO)CC(C)(C)C. The smallest absolute Gasteiger partial charge is 0.315 e. The van der Waals surface area contributed by atoms with Crippen molar-refractivity contribution in [1.29, 1.82) is 0 Å².